The Kier molecular flexibility index (Phi) is 4.74. The van der Waals surface area contributed by atoms with Crippen molar-refractivity contribution < 1.29 is 14.1 Å². The number of nitrogens with one attached hydrogen (secondary N) is 1. The van der Waals surface area contributed by atoms with Crippen LogP contribution in [-0.2, 0) is 6.54 Å². The Labute approximate surface area is 147 Å². The second-order valence-electron chi connectivity index (χ2n) is 6.39. The molecule has 0 saturated heterocycles. The van der Waals surface area contributed by atoms with Gasteiger partial charge in [-0.25, -0.2) is 0 Å². The highest BCUT2D eigenvalue weighted by Gasteiger charge is 2.22. The van der Waals surface area contributed by atoms with Crippen molar-refractivity contribution in [3.05, 3.63) is 59.0 Å². The lowest BCUT2D eigenvalue weighted by Gasteiger charge is -2.09. The zero-order valence-corrected chi connectivity index (χ0v) is 14.9. The van der Waals surface area contributed by atoms with Crippen molar-refractivity contribution in [1.82, 2.24) is 10.5 Å². The van der Waals surface area contributed by atoms with Gasteiger partial charge in [0, 0.05) is 12.5 Å². The molecule has 5 nitrogen and oxygen atoms in total. The number of ether oxygens (including phenoxy) is 1. The Balaban J connectivity index is 1.76. The fraction of sp³-hybridized carbons (Fsp3) is 0.300. The summed E-state index contributed by atoms with van der Waals surface area (Å²) in [7, 11) is 1.66. The molecule has 0 radical (unpaired) electrons. The summed E-state index contributed by atoms with van der Waals surface area (Å²) in [6.07, 6.45) is 0. The maximum Gasteiger partial charge on any atom is 0.257 e. The number of fused-ring (bicyclic) bond motifs is 1. The van der Waals surface area contributed by atoms with Crippen LogP contribution in [0.25, 0.3) is 10.8 Å². The van der Waals surface area contributed by atoms with E-state index in [1.54, 1.807) is 14.0 Å². The van der Waals surface area contributed by atoms with E-state index < -0.39 is 0 Å². The number of aryl methyl sites for hydroxylation is 1. The molecule has 0 aliphatic carbocycles. The number of nitrogens with zero attached hydrogens (tertiary/aromatic N) is 1. The highest BCUT2D eigenvalue weighted by molar-refractivity contribution is 5.96. The van der Waals surface area contributed by atoms with Gasteiger partial charge in [0.2, 0.25) is 0 Å². The van der Waals surface area contributed by atoms with E-state index in [2.05, 4.69) is 16.5 Å². The highest BCUT2D eigenvalue weighted by Crippen LogP contribution is 2.23. The smallest absolute Gasteiger partial charge is 0.257 e. The average Bonchev–Trinajstić information content (AvgIpc) is 3.01. The van der Waals surface area contributed by atoms with E-state index in [0.29, 0.717) is 23.6 Å². The third kappa shape index (κ3) is 3.50. The predicted octanol–water partition coefficient (Wildman–Crippen LogP) is 4.20. The topological polar surface area (TPSA) is 64.4 Å². The van der Waals surface area contributed by atoms with Gasteiger partial charge in [-0.3, -0.25) is 4.79 Å². The molecule has 0 unspecified atom stereocenters. The zero-order valence-electron chi connectivity index (χ0n) is 14.9. The Bertz CT molecular complexity index is 912. The average molecular weight is 338 g/mol. The minimum Gasteiger partial charge on any atom is -0.497 e. The second-order valence-corrected chi connectivity index (χ2v) is 6.39. The fourth-order valence-electron chi connectivity index (χ4n) is 2.84. The van der Waals surface area contributed by atoms with Crippen LogP contribution in [-0.4, -0.2) is 18.2 Å². The number of benzene rings is 2. The number of hydrogen-bond donors (Lipinski definition) is 1. The van der Waals surface area contributed by atoms with Gasteiger partial charge >= 0.3 is 0 Å². The maximum absolute atomic E-state index is 12.5. The molecule has 3 aromatic rings. The molecule has 0 saturated carbocycles. The van der Waals surface area contributed by atoms with Crippen LogP contribution >= 0.6 is 0 Å². The molecule has 5 heteroatoms. The van der Waals surface area contributed by atoms with Crippen molar-refractivity contribution in [3.8, 4) is 5.75 Å². The van der Waals surface area contributed by atoms with Crippen LogP contribution in [0.3, 0.4) is 0 Å². The number of methoxy groups -OCH3 is 1. The lowest BCUT2D eigenvalue weighted by atomic mass is 10.0. The Morgan fingerprint density at radius 1 is 1.20 bits per heavy atom. The van der Waals surface area contributed by atoms with Crippen LogP contribution in [0.2, 0.25) is 0 Å². The van der Waals surface area contributed by atoms with E-state index in [-0.39, 0.29) is 11.8 Å². The van der Waals surface area contributed by atoms with Crippen molar-refractivity contribution in [2.75, 3.05) is 7.11 Å². The fourth-order valence-corrected chi connectivity index (χ4v) is 2.84. The number of aromatic nitrogens is 1. The van der Waals surface area contributed by atoms with Gasteiger partial charge in [-0.2, -0.15) is 0 Å². The van der Waals surface area contributed by atoms with Crippen LogP contribution < -0.4 is 10.1 Å². The minimum absolute atomic E-state index is 0.109. The molecule has 0 fully saturated rings. The molecule has 0 bridgehead atoms. The van der Waals surface area contributed by atoms with Crippen LogP contribution in [0, 0.1) is 6.92 Å². The monoisotopic (exact) mass is 338 g/mol. The third-order valence-electron chi connectivity index (χ3n) is 4.21. The number of carbonyl (C=O) groups excluding carboxylic acids is 1. The summed E-state index contributed by atoms with van der Waals surface area (Å²) >= 11 is 0. The molecule has 0 atom stereocenters. The summed E-state index contributed by atoms with van der Waals surface area (Å²) in [5.41, 5.74) is 2.19. The normalized spacial score (nSPS) is 11.1. The molecule has 130 valence electrons. The van der Waals surface area contributed by atoms with Crippen molar-refractivity contribution in [1.29, 1.82) is 0 Å². The first-order chi connectivity index (χ1) is 12.0. The first kappa shape index (κ1) is 17.0. The molecule has 2 aromatic carbocycles. The molecule has 0 aliphatic heterocycles. The molecule has 3 rings (SSSR count). The second kappa shape index (κ2) is 6.97. The van der Waals surface area contributed by atoms with Gasteiger partial charge in [-0.05, 0) is 41.5 Å². The molecule has 0 spiro atoms. The van der Waals surface area contributed by atoms with Crippen LogP contribution in [0.15, 0.2) is 40.9 Å². The first-order valence-corrected chi connectivity index (χ1v) is 8.30. The molecule has 1 heterocycles. The summed E-state index contributed by atoms with van der Waals surface area (Å²) in [5.74, 6) is 1.41. The van der Waals surface area contributed by atoms with Crippen molar-refractivity contribution in [2.24, 2.45) is 0 Å². The van der Waals surface area contributed by atoms with Crippen LogP contribution in [0.5, 0.6) is 5.75 Å². The number of amides is 1. The predicted molar refractivity (Wildman–Crippen MR) is 97.0 cm³/mol. The maximum atomic E-state index is 12.5. The molecule has 1 N–H and O–H groups in total. The molecular formula is C20H22N2O3. The standard InChI is InChI=1S/C20H22N2O3/c1-12(2)19-18(13(3)22-25-19)20(23)21-11-14-5-6-16-10-17(24-4)8-7-15(16)9-14/h5-10,12H,11H2,1-4H3,(H,21,23). The van der Waals surface area contributed by atoms with Crippen LogP contribution in [0.4, 0.5) is 0 Å². The summed E-state index contributed by atoms with van der Waals surface area (Å²) in [4.78, 5) is 12.5. The first-order valence-electron chi connectivity index (χ1n) is 8.30. The quantitative estimate of drug-likeness (QED) is 0.757. The Hall–Kier alpha value is -2.82. The SMILES string of the molecule is COc1ccc2cc(CNC(=O)c3c(C)noc3C(C)C)ccc2c1. The van der Waals surface area contributed by atoms with Crippen molar-refractivity contribution in [2.45, 2.75) is 33.2 Å². The van der Waals surface area contributed by atoms with Crippen LogP contribution in [0.1, 0.15) is 47.1 Å². The van der Waals surface area contributed by atoms with Gasteiger partial charge in [0.25, 0.3) is 5.91 Å². The summed E-state index contributed by atoms with van der Waals surface area (Å²) in [6.45, 7) is 6.19. The van der Waals surface area contributed by atoms with E-state index in [1.165, 1.54) is 0 Å². The van der Waals surface area contributed by atoms with E-state index >= 15 is 0 Å². The van der Waals surface area contributed by atoms with Gasteiger partial charge in [0.05, 0.1) is 12.8 Å². The lowest BCUT2D eigenvalue weighted by Crippen LogP contribution is -2.24. The summed E-state index contributed by atoms with van der Waals surface area (Å²) in [6, 6.07) is 12.0. The van der Waals surface area contributed by atoms with Crippen molar-refractivity contribution >= 4 is 16.7 Å². The van der Waals surface area contributed by atoms with Gasteiger partial charge < -0.3 is 14.6 Å². The van der Waals surface area contributed by atoms with E-state index in [1.807, 2.05) is 44.2 Å². The minimum atomic E-state index is -0.155. The molecule has 25 heavy (non-hydrogen) atoms. The Morgan fingerprint density at radius 3 is 2.64 bits per heavy atom. The van der Waals surface area contributed by atoms with Gasteiger partial charge in [-0.1, -0.05) is 37.2 Å². The molecular weight excluding hydrogens is 316 g/mol. The van der Waals surface area contributed by atoms with Gasteiger partial charge in [-0.15, -0.1) is 0 Å². The Morgan fingerprint density at radius 2 is 1.92 bits per heavy atom. The van der Waals surface area contributed by atoms with Gasteiger partial charge in [0.15, 0.2) is 5.76 Å². The highest BCUT2D eigenvalue weighted by atomic mass is 16.5. The number of rotatable bonds is 5. The number of carbonyl (C=O) groups is 1. The van der Waals surface area contributed by atoms with E-state index in [0.717, 1.165) is 22.1 Å². The number of hydrogen-bond acceptors (Lipinski definition) is 4. The van der Waals surface area contributed by atoms with Gasteiger partial charge in [0.1, 0.15) is 11.3 Å². The molecule has 1 aromatic heterocycles. The van der Waals surface area contributed by atoms with Crippen molar-refractivity contribution in [3.63, 3.8) is 0 Å². The lowest BCUT2D eigenvalue weighted by molar-refractivity contribution is 0.0948. The van der Waals surface area contributed by atoms with E-state index in [4.69, 9.17) is 9.26 Å². The third-order valence-corrected chi connectivity index (χ3v) is 4.21. The largest absolute Gasteiger partial charge is 0.497 e. The zero-order chi connectivity index (χ0) is 18.0. The molecule has 1 amide bonds. The summed E-state index contributed by atoms with van der Waals surface area (Å²) < 4.78 is 10.5. The summed E-state index contributed by atoms with van der Waals surface area (Å²) in [5, 5.41) is 9.10. The van der Waals surface area contributed by atoms with E-state index in [9.17, 15) is 4.79 Å². The molecule has 0 aliphatic rings.